The number of aryl methyl sites for hydroxylation is 1. The van der Waals surface area contributed by atoms with Crippen LogP contribution in [0.15, 0.2) is 36.5 Å². The van der Waals surface area contributed by atoms with Gasteiger partial charge in [-0.05, 0) is 81.8 Å². The first-order valence-electron chi connectivity index (χ1n) is 14.7. The monoisotopic (exact) mass is 549 g/mol. The van der Waals surface area contributed by atoms with Crippen molar-refractivity contribution in [2.45, 2.75) is 77.6 Å². The molecule has 5 rings (SSSR count). The molecule has 1 saturated heterocycles. The largest absolute Gasteiger partial charge is 0.465 e. The average Bonchev–Trinajstić information content (AvgIpc) is 2.94. The van der Waals surface area contributed by atoms with Crippen LogP contribution < -0.4 is 4.90 Å². The van der Waals surface area contributed by atoms with E-state index in [1.807, 2.05) is 39.1 Å². The van der Waals surface area contributed by atoms with Crippen molar-refractivity contribution >= 4 is 17.9 Å². The molecule has 0 spiro atoms. The molecular weight excluding hydrogens is 506 g/mol. The Balaban J connectivity index is 1.34. The summed E-state index contributed by atoms with van der Waals surface area (Å²) >= 11 is 0. The number of fused-ring (bicyclic) bond motifs is 2. The zero-order chi connectivity index (χ0) is 28.4. The van der Waals surface area contributed by atoms with E-state index >= 15 is 0 Å². The van der Waals surface area contributed by atoms with E-state index in [1.165, 1.54) is 11.1 Å². The van der Waals surface area contributed by atoms with E-state index in [9.17, 15) is 14.7 Å². The second kappa shape index (κ2) is 11.6. The number of carbonyl (C=O) groups is 2. The van der Waals surface area contributed by atoms with Gasteiger partial charge in [-0.25, -0.2) is 9.59 Å². The SMILES string of the molecule is CCN(CC1Cc2c(cccc2N2CCN(C(=O)OC(C)(C)C)CC2)CN1C(=O)O)[C@H]1CCCc2cccnc21. The van der Waals surface area contributed by atoms with Gasteiger partial charge in [-0.15, -0.1) is 0 Å². The number of piperazine rings is 1. The maximum absolute atomic E-state index is 12.6. The summed E-state index contributed by atoms with van der Waals surface area (Å²) in [6.07, 6.45) is 4.63. The maximum atomic E-state index is 12.6. The fourth-order valence-corrected chi connectivity index (χ4v) is 6.49. The lowest BCUT2D eigenvalue weighted by Crippen LogP contribution is -2.52. The van der Waals surface area contributed by atoms with Crippen molar-refractivity contribution in [1.82, 2.24) is 19.7 Å². The minimum absolute atomic E-state index is 0.150. The third kappa shape index (κ3) is 6.04. The lowest BCUT2D eigenvalue weighted by atomic mass is 9.88. The molecule has 40 heavy (non-hydrogen) atoms. The van der Waals surface area contributed by atoms with Crippen LogP contribution in [-0.4, -0.2) is 87.9 Å². The quantitative estimate of drug-likeness (QED) is 0.565. The number of pyridine rings is 1. The molecule has 9 heteroatoms. The van der Waals surface area contributed by atoms with E-state index in [-0.39, 0.29) is 18.2 Å². The predicted octanol–water partition coefficient (Wildman–Crippen LogP) is 4.94. The Bertz CT molecular complexity index is 1220. The van der Waals surface area contributed by atoms with Crippen molar-refractivity contribution in [2.24, 2.45) is 0 Å². The summed E-state index contributed by atoms with van der Waals surface area (Å²) in [5.74, 6) is 0. The zero-order valence-corrected chi connectivity index (χ0v) is 24.3. The highest BCUT2D eigenvalue weighted by Gasteiger charge is 2.36. The van der Waals surface area contributed by atoms with Gasteiger partial charge in [0.05, 0.1) is 17.8 Å². The number of ether oxygens (including phenoxy) is 1. The molecule has 3 heterocycles. The highest BCUT2D eigenvalue weighted by Crippen LogP contribution is 2.36. The van der Waals surface area contributed by atoms with E-state index in [0.29, 0.717) is 45.7 Å². The van der Waals surface area contributed by atoms with Crippen molar-refractivity contribution in [3.8, 4) is 0 Å². The number of aromatic nitrogens is 1. The molecule has 1 fully saturated rings. The van der Waals surface area contributed by atoms with Crippen molar-refractivity contribution in [3.05, 3.63) is 58.9 Å². The minimum atomic E-state index is -0.870. The molecule has 216 valence electrons. The summed E-state index contributed by atoms with van der Waals surface area (Å²) in [7, 11) is 0. The second-order valence-corrected chi connectivity index (χ2v) is 12.2. The Kier molecular flexibility index (Phi) is 8.21. The normalized spacial score (nSPS) is 21.2. The van der Waals surface area contributed by atoms with E-state index in [0.717, 1.165) is 42.8 Å². The van der Waals surface area contributed by atoms with Gasteiger partial charge in [-0.3, -0.25) is 14.8 Å². The molecule has 1 unspecified atom stereocenters. The Morgan fingerprint density at radius 3 is 2.55 bits per heavy atom. The summed E-state index contributed by atoms with van der Waals surface area (Å²) in [4.78, 5) is 37.9. The summed E-state index contributed by atoms with van der Waals surface area (Å²) < 4.78 is 5.57. The van der Waals surface area contributed by atoms with Gasteiger partial charge >= 0.3 is 12.2 Å². The fourth-order valence-electron chi connectivity index (χ4n) is 6.49. The summed E-state index contributed by atoms with van der Waals surface area (Å²) in [5, 5.41) is 10.2. The molecule has 0 bridgehead atoms. The zero-order valence-electron chi connectivity index (χ0n) is 24.3. The summed E-state index contributed by atoms with van der Waals surface area (Å²) in [5.41, 5.74) is 5.41. The van der Waals surface area contributed by atoms with Crippen molar-refractivity contribution in [2.75, 3.05) is 44.2 Å². The Hall–Kier alpha value is -3.33. The number of carbonyl (C=O) groups excluding carboxylic acids is 1. The maximum Gasteiger partial charge on any atom is 0.410 e. The minimum Gasteiger partial charge on any atom is -0.465 e. The van der Waals surface area contributed by atoms with Gasteiger partial charge in [0.1, 0.15) is 5.60 Å². The van der Waals surface area contributed by atoms with Gasteiger partial charge in [-0.2, -0.15) is 0 Å². The fraction of sp³-hybridized carbons (Fsp3) is 0.581. The lowest BCUT2D eigenvalue weighted by molar-refractivity contribution is 0.0240. The third-order valence-electron chi connectivity index (χ3n) is 8.44. The molecule has 0 saturated carbocycles. The van der Waals surface area contributed by atoms with Crippen LogP contribution in [0, 0.1) is 0 Å². The van der Waals surface area contributed by atoms with Crippen LogP contribution in [0.1, 0.15) is 69.0 Å². The van der Waals surface area contributed by atoms with E-state index in [2.05, 4.69) is 34.9 Å². The first kappa shape index (κ1) is 28.2. The molecule has 9 nitrogen and oxygen atoms in total. The van der Waals surface area contributed by atoms with E-state index < -0.39 is 11.7 Å². The highest BCUT2D eigenvalue weighted by atomic mass is 16.6. The standard InChI is InChI=1S/C31H43N5O4/c1-5-33(27-13-6-9-22-11-8-14-32-28(22)27)21-24-19-25-23(20-36(24)29(37)38)10-7-12-26(25)34-15-17-35(18-16-34)30(39)40-31(2,3)4/h7-8,10-12,14,24,27H,5-6,9,13,15-21H2,1-4H3,(H,37,38)/t24?,27-/m0/s1. The number of carboxylic acid groups (broad SMARTS) is 1. The van der Waals surface area contributed by atoms with Crippen molar-refractivity contribution in [1.29, 1.82) is 0 Å². The van der Waals surface area contributed by atoms with Crippen LogP contribution in [0.3, 0.4) is 0 Å². The molecule has 1 aromatic carbocycles. The van der Waals surface area contributed by atoms with Crippen LogP contribution in [0.4, 0.5) is 15.3 Å². The molecular formula is C31H43N5O4. The van der Waals surface area contributed by atoms with Gasteiger partial charge in [-0.1, -0.05) is 25.1 Å². The third-order valence-corrected chi connectivity index (χ3v) is 8.44. The highest BCUT2D eigenvalue weighted by molar-refractivity contribution is 5.70. The van der Waals surface area contributed by atoms with Crippen molar-refractivity contribution in [3.63, 3.8) is 0 Å². The molecule has 1 aliphatic carbocycles. The Labute approximate surface area is 237 Å². The Morgan fingerprint density at radius 2 is 1.85 bits per heavy atom. The molecule has 1 N–H and O–H groups in total. The number of benzene rings is 1. The number of hydrogen-bond donors (Lipinski definition) is 1. The van der Waals surface area contributed by atoms with Crippen LogP contribution in [0.5, 0.6) is 0 Å². The molecule has 2 amide bonds. The van der Waals surface area contributed by atoms with Gasteiger partial charge in [0.25, 0.3) is 0 Å². The number of anilines is 1. The number of amides is 2. The first-order chi connectivity index (χ1) is 19.1. The van der Waals surface area contributed by atoms with Gasteiger partial charge in [0.2, 0.25) is 0 Å². The first-order valence-corrected chi connectivity index (χ1v) is 14.7. The topological polar surface area (TPSA) is 89.5 Å². The van der Waals surface area contributed by atoms with Crippen LogP contribution in [0.2, 0.25) is 0 Å². The van der Waals surface area contributed by atoms with E-state index in [1.54, 1.807) is 9.80 Å². The summed E-state index contributed by atoms with van der Waals surface area (Å²) in [6.45, 7) is 12.3. The molecule has 2 atom stereocenters. The van der Waals surface area contributed by atoms with Crippen molar-refractivity contribution < 1.29 is 19.4 Å². The number of hydrogen-bond acceptors (Lipinski definition) is 6. The number of likely N-dealkylation sites (N-methyl/N-ethyl adjacent to an activating group) is 1. The Morgan fingerprint density at radius 1 is 1.10 bits per heavy atom. The van der Waals surface area contributed by atoms with E-state index in [4.69, 9.17) is 9.72 Å². The molecule has 2 aliphatic heterocycles. The molecule has 1 aromatic heterocycles. The number of nitrogens with zero attached hydrogens (tertiary/aromatic N) is 5. The molecule has 2 aromatic rings. The van der Waals surface area contributed by atoms with Gasteiger partial charge in [0.15, 0.2) is 0 Å². The van der Waals surface area contributed by atoms with Crippen LogP contribution >= 0.6 is 0 Å². The smallest absolute Gasteiger partial charge is 0.410 e. The second-order valence-electron chi connectivity index (χ2n) is 12.2. The number of rotatable bonds is 5. The lowest BCUT2D eigenvalue weighted by Gasteiger charge is -2.43. The summed E-state index contributed by atoms with van der Waals surface area (Å²) in [6, 6.07) is 10.5. The van der Waals surface area contributed by atoms with Gasteiger partial charge in [0, 0.05) is 51.2 Å². The molecule has 0 radical (unpaired) electrons. The van der Waals surface area contributed by atoms with Crippen LogP contribution in [0.25, 0.3) is 0 Å². The predicted molar refractivity (Wildman–Crippen MR) is 155 cm³/mol. The van der Waals surface area contributed by atoms with Crippen LogP contribution in [-0.2, 0) is 24.1 Å². The van der Waals surface area contributed by atoms with Gasteiger partial charge < -0.3 is 19.6 Å². The average molecular weight is 550 g/mol. The molecule has 3 aliphatic rings.